The number of nitrogens with one attached hydrogen (secondary N) is 1. The molecule has 0 heterocycles. The van der Waals surface area contributed by atoms with Gasteiger partial charge in [-0.15, -0.1) is 0 Å². The Kier molecular flexibility index (Phi) is 4.79. The van der Waals surface area contributed by atoms with Crippen molar-refractivity contribution in [1.82, 2.24) is 5.32 Å². The van der Waals surface area contributed by atoms with Gasteiger partial charge in [0.25, 0.3) is 0 Å². The highest BCUT2D eigenvalue weighted by molar-refractivity contribution is 4.74. The summed E-state index contributed by atoms with van der Waals surface area (Å²) in [5, 5.41) is 3.25. The standard InChI is InChI=1S/C12H25N/c1-10-5-4-6-12(9-10)11(2)7-8-13-3/h10-13H,4-9H2,1-3H3. The van der Waals surface area contributed by atoms with E-state index in [0.29, 0.717) is 0 Å². The zero-order valence-electron chi connectivity index (χ0n) is 9.47. The predicted octanol–water partition coefficient (Wildman–Crippen LogP) is 3.06. The molecule has 1 aliphatic rings. The molecule has 1 nitrogen and oxygen atoms in total. The van der Waals surface area contributed by atoms with E-state index in [-0.39, 0.29) is 0 Å². The molecular formula is C12H25N. The van der Waals surface area contributed by atoms with Crippen LogP contribution in [0.4, 0.5) is 0 Å². The van der Waals surface area contributed by atoms with Gasteiger partial charge in [0.15, 0.2) is 0 Å². The minimum absolute atomic E-state index is 0.926. The maximum Gasteiger partial charge on any atom is -0.00493 e. The third-order valence-electron chi connectivity index (χ3n) is 3.63. The van der Waals surface area contributed by atoms with Crippen LogP contribution in [-0.4, -0.2) is 13.6 Å². The van der Waals surface area contributed by atoms with E-state index in [1.54, 1.807) is 0 Å². The molecule has 1 heteroatoms. The van der Waals surface area contributed by atoms with E-state index in [9.17, 15) is 0 Å². The number of hydrogen-bond donors (Lipinski definition) is 1. The molecule has 0 amide bonds. The molecule has 0 aromatic heterocycles. The lowest BCUT2D eigenvalue weighted by Crippen LogP contribution is -2.22. The van der Waals surface area contributed by atoms with E-state index < -0.39 is 0 Å². The summed E-state index contributed by atoms with van der Waals surface area (Å²) < 4.78 is 0. The van der Waals surface area contributed by atoms with Gasteiger partial charge < -0.3 is 5.32 Å². The summed E-state index contributed by atoms with van der Waals surface area (Å²) in [5.74, 6) is 2.92. The second kappa shape index (κ2) is 5.64. The van der Waals surface area contributed by atoms with Crippen molar-refractivity contribution in [3.8, 4) is 0 Å². The topological polar surface area (TPSA) is 12.0 Å². The van der Waals surface area contributed by atoms with E-state index in [0.717, 1.165) is 17.8 Å². The fourth-order valence-electron chi connectivity index (χ4n) is 2.61. The van der Waals surface area contributed by atoms with Gasteiger partial charge in [0.05, 0.1) is 0 Å². The highest BCUT2D eigenvalue weighted by Crippen LogP contribution is 2.34. The summed E-state index contributed by atoms with van der Waals surface area (Å²) in [6, 6.07) is 0. The van der Waals surface area contributed by atoms with Gasteiger partial charge in [0.1, 0.15) is 0 Å². The van der Waals surface area contributed by atoms with Crippen LogP contribution in [-0.2, 0) is 0 Å². The molecule has 3 atom stereocenters. The molecule has 1 saturated carbocycles. The molecule has 0 aromatic rings. The van der Waals surface area contributed by atoms with E-state index >= 15 is 0 Å². The van der Waals surface area contributed by atoms with Crippen LogP contribution in [0.5, 0.6) is 0 Å². The molecule has 1 rings (SSSR count). The Balaban J connectivity index is 2.24. The Morgan fingerprint density at radius 1 is 1.38 bits per heavy atom. The van der Waals surface area contributed by atoms with Crippen LogP contribution >= 0.6 is 0 Å². The first kappa shape index (κ1) is 11.0. The molecule has 13 heavy (non-hydrogen) atoms. The highest BCUT2D eigenvalue weighted by Gasteiger charge is 2.23. The summed E-state index contributed by atoms with van der Waals surface area (Å²) in [7, 11) is 2.05. The van der Waals surface area contributed by atoms with Crippen LogP contribution in [0.25, 0.3) is 0 Å². The maximum absolute atomic E-state index is 3.25. The average Bonchev–Trinajstić information content (AvgIpc) is 2.14. The molecule has 0 bridgehead atoms. The Bertz CT molecular complexity index is 133. The average molecular weight is 183 g/mol. The SMILES string of the molecule is CNCCC(C)C1CCCC(C)C1. The Labute approximate surface area is 83.3 Å². The molecule has 3 unspecified atom stereocenters. The Morgan fingerprint density at radius 3 is 2.77 bits per heavy atom. The summed E-state index contributed by atoms with van der Waals surface area (Å²) >= 11 is 0. The van der Waals surface area contributed by atoms with E-state index in [2.05, 4.69) is 26.2 Å². The third-order valence-corrected chi connectivity index (χ3v) is 3.63. The highest BCUT2D eigenvalue weighted by atomic mass is 14.8. The molecule has 0 spiro atoms. The van der Waals surface area contributed by atoms with Crippen molar-refractivity contribution < 1.29 is 0 Å². The second-order valence-corrected chi connectivity index (χ2v) is 4.90. The van der Waals surface area contributed by atoms with Gasteiger partial charge in [-0.25, -0.2) is 0 Å². The van der Waals surface area contributed by atoms with E-state index in [1.807, 2.05) is 0 Å². The monoisotopic (exact) mass is 183 g/mol. The zero-order chi connectivity index (χ0) is 9.68. The van der Waals surface area contributed by atoms with Crippen LogP contribution in [0.1, 0.15) is 46.0 Å². The fraction of sp³-hybridized carbons (Fsp3) is 1.00. The second-order valence-electron chi connectivity index (χ2n) is 4.90. The maximum atomic E-state index is 3.25. The Hall–Kier alpha value is -0.0400. The van der Waals surface area contributed by atoms with Crippen molar-refractivity contribution in [1.29, 1.82) is 0 Å². The predicted molar refractivity (Wildman–Crippen MR) is 58.8 cm³/mol. The minimum atomic E-state index is 0.926. The molecule has 0 aromatic carbocycles. The largest absolute Gasteiger partial charge is 0.320 e. The smallest absolute Gasteiger partial charge is 0.00493 e. The third kappa shape index (κ3) is 3.68. The molecular weight excluding hydrogens is 158 g/mol. The van der Waals surface area contributed by atoms with Gasteiger partial charge in [-0.05, 0) is 44.2 Å². The Morgan fingerprint density at radius 2 is 2.15 bits per heavy atom. The summed E-state index contributed by atoms with van der Waals surface area (Å²) in [6.45, 7) is 6.03. The van der Waals surface area contributed by atoms with Crippen molar-refractivity contribution in [2.24, 2.45) is 17.8 Å². The summed E-state index contributed by atoms with van der Waals surface area (Å²) in [5.41, 5.74) is 0. The lowest BCUT2D eigenvalue weighted by atomic mass is 9.75. The van der Waals surface area contributed by atoms with E-state index in [1.165, 1.54) is 38.6 Å². The van der Waals surface area contributed by atoms with Crippen molar-refractivity contribution >= 4 is 0 Å². The fourth-order valence-corrected chi connectivity index (χ4v) is 2.61. The van der Waals surface area contributed by atoms with Gasteiger partial charge in [-0.1, -0.05) is 33.1 Å². The van der Waals surface area contributed by atoms with E-state index in [4.69, 9.17) is 0 Å². The molecule has 0 radical (unpaired) electrons. The van der Waals surface area contributed by atoms with Gasteiger partial charge in [0, 0.05) is 0 Å². The van der Waals surface area contributed by atoms with Crippen molar-refractivity contribution in [3.63, 3.8) is 0 Å². The molecule has 78 valence electrons. The van der Waals surface area contributed by atoms with Crippen LogP contribution in [0.3, 0.4) is 0 Å². The lowest BCUT2D eigenvalue weighted by Gasteiger charge is -2.31. The molecule has 1 fully saturated rings. The van der Waals surface area contributed by atoms with Crippen molar-refractivity contribution in [2.75, 3.05) is 13.6 Å². The van der Waals surface area contributed by atoms with Crippen LogP contribution in [0.15, 0.2) is 0 Å². The first-order valence-corrected chi connectivity index (χ1v) is 5.88. The number of hydrogen-bond acceptors (Lipinski definition) is 1. The van der Waals surface area contributed by atoms with Crippen LogP contribution in [0.2, 0.25) is 0 Å². The van der Waals surface area contributed by atoms with Crippen LogP contribution < -0.4 is 5.32 Å². The van der Waals surface area contributed by atoms with Gasteiger partial charge in [-0.3, -0.25) is 0 Å². The van der Waals surface area contributed by atoms with Gasteiger partial charge in [-0.2, -0.15) is 0 Å². The van der Waals surface area contributed by atoms with Crippen LogP contribution in [0, 0.1) is 17.8 Å². The molecule has 1 N–H and O–H groups in total. The summed E-state index contributed by atoms with van der Waals surface area (Å²) in [6.07, 6.45) is 7.25. The normalized spacial score (nSPS) is 31.6. The van der Waals surface area contributed by atoms with Crippen molar-refractivity contribution in [3.05, 3.63) is 0 Å². The first-order valence-electron chi connectivity index (χ1n) is 5.88. The molecule has 1 aliphatic carbocycles. The van der Waals surface area contributed by atoms with Gasteiger partial charge in [0.2, 0.25) is 0 Å². The lowest BCUT2D eigenvalue weighted by molar-refractivity contribution is 0.207. The summed E-state index contributed by atoms with van der Waals surface area (Å²) in [4.78, 5) is 0. The number of rotatable bonds is 4. The first-order chi connectivity index (χ1) is 6.24. The van der Waals surface area contributed by atoms with Gasteiger partial charge >= 0.3 is 0 Å². The quantitative estimate of drug-likeness (QED) is 0.706. The zero-order valence-corrected chi connectivity index (χ0v) is 9.47. The van der Waals surface area contributed by atoms with Crippen molar-refractivity contribution in [2.45, 2.75) is 46.0 Å². The molecule has 0 aliphatic heterocycles. The molecule has 0 saturated heterocycles. The minimum Gasteiger partial charge on any atom is -0.320 e.